The van der Waals surface area contributed by atoms with Crippen LogP contribution in [0.25, 0.3) is 0 Å². The van der Waals surface area contributed by atoms with Gasteiger partial charge in [0.2, 0.25) is 0 Å². The lowest BCUT2D eigenvalue weighted by Gasteiger charge is -2.37. The first-order chi connectivity index (χ1) is 8.14. The molecular weight excluding hydrogens is 260 g/mol. The number of nitrogens with zero attached hydrogens (tertiary/aromatic N) is 1. The molecule has 18 heavy (non-hydrogen) atoms. The average Bonchev–Trinajstić information content (AvgIpc) is 2.05. The molecule has 1 N–H and O–H groups in total. The van der Waals surface area contributed by atoms with Gasteiger partial charge in [-0.05, 0) is 20.8 Å². The van der Waals surface area contributed by atoms with E-state index in [-0.39, 0.29) is 5.92 Å². The molecule has 8 heteroatoms. The second-order valence-electron chi connectivity index (χ2n) is 5.25. The van der Waals surface area contributed by atoms with Crippen molar-refractivity contribution >= 4 is 16.3 Å². The molecule has 0 spiro atoms. The van der Waals surface area contributed by atoms with Gasteiger partial charge in [-0.15, -0.1) is 0 Å². The van der Waals surface area contributed by atoms with Gasteiger partial charge >= 0.3 is 16.3 Å². The van der Waals surface area contributed by atoms with E-state index in [9.17, 15) is 13.2 Å². The predicted molar refractivity (Wildman–Crippen MR) is 65.2 cm³/mol. The molecule has 0 unspecified atom stereocenters. The topological polar surface area (TPSA) is 84.9 Å². The van der Waals surface area contributed by atoms with Crippen LogP contribution in [0.1, 0.15) is 20.8 Å². The molecule has 0 aliphatic carbocycles. The van der Waals surface area contributed by atoms with Gasteiger partial charge in [0.15, 0.2) is 0 Å². The second kappa shape index (κ2) is 5.41. The zero-order valence-corrected chi connectivity index (χ0v) is 11.9. The molecule has 0 aromatic rings. The molecule has 0 atom stereocenters. The summed E-state index contributed by atoms with van der Waals surface area (Å²) in [6, 6.07) is 0. The summed E-state index contributed by atoms with van der Waals surface area (Å²) < 4.78 is 36.3. The van der Waals surface area contributed by atoms with Gasteiger partial charge < -0.3 is 9.47 Å². The van der Waals surface area contributed by atoms with Crippen LogP contribution in [-0.4, -0.2) is 51.2 Å². The molecule has 1 heterocycles. The number of hydrogen-bond donors (Lipinski definition) is 1. The SMILES string of the molecule is COCC1CN(S(=O)(=O)NC(=O)OC(C)(C)C)C1. The van der Waals surface area contributed by atoms with E-state index in [4.69, 9.17) is 9.47 Å². The number of hydrogen-bond acceptors (Lipinski definition) is 5. The van der Waals surface area contributed by atoms with Gasteiger partial charge in [0.05, 0.1) is 6.61 Å². The fourth-order valence-electron chi connectivity index (χ4n) is 1.53. The highest BCUT2D eigenvalue weighted by Crippen LogP contribution is 2.19. The Morgan fingerprint density at radius 2 is 1.94 bits per heavy atom. The molecule has 0 aromatic carbocycles. The first kappa shape index (κ1) is 15.2. The minimum absolute atomic E-state index is 0.185. The molecule has 7 nitrogen and oxygen atoms in total. The Balaban J connectivity index is 2.45. The van der Waals surface area contributed by atoms with Crippen LogP contribution >= 0.6 is 0 Å². The van der Waals surface area contributed by atoms with Gasteiger partial charge in [-0.25, -0.2) is 9.52 Å². The van der Waals surface area contributed by atoms with Crippen LogP contribution in [0.2, 0.25) is 0 Å². The lowest BCUT2D eigenvalue weighted by Crippen LogP contribution is -2.56. The van der Waals surface area contributed by atoms with E-state index in [1.165, 1.54) is 4.31 Å². The van der Waals surface area contributed by atoms with Crippen molar-refractivity contribution in [3.63, 3.8) is 0 Å². The zero-order valence-electron chi connectivity index (χ0n) is 11.1. The van der Waals surface area contributed by atoms with Gasteiger partial charge in [-0.1, -0.05) is 0 Å². The van der Waals surface area contributed by atoms with Crippen molar-refractivity contribution in [2.45, 2.75) is 26.4 Å². The molecule has 1 saturated heterocycles. The van der Waals surface area contributed by atoms with E-state index in [2.05, 4.69) is 0 Å². The summed E-state index contributed by atoms with van der Waals surface area (Å²) in [7, 11) is -2.23. The minimum atomic E-state index is -3.79. The fraction of sp³-hybridized carbons (Fsp3) is 0.900. The molecule has 1 rings (SSSR count). The zero-order chi connectivity index (χ0) is 14.0. The van der Waals surface area contributed by atoms with Crippen molar-refractivity contribution in [1.82, 2.24) is 9.03 Å². The second-order valence-corrected chi connectivity index (χ2v) is 6.92. The van der Waals surface area contributed by atoms with Gasteiger partial charge in [0.25, 0.3) is 0 Å². The van der Waals surface area contributed by atoms with E-state index in [1.54, 1.807) is 27.9 Å². The van der Waals surface area contributed by atoms with Crippen LogP contribution in [0.4, 0.5) is 4.79 Å². The highest BCUT2D eigenvalue weighted by Gasteiger charge is 2.37. The number of amides is 1. The molecule has 0 saturated carbocycles. The van der Waals surface area contributed by atoms with Gasteiger partial charge in [0.1, 0.15) is 5.60 Å². The first-order valence-electron chi connectivity index (χ1n) is 5.64. The summed E-state index contributed by atoms with van der Waals surface area (Å²) in [4.78, 5) is 11.4. The molecule has 1 aliphatic rings. The first-order valence-corrected chi connectivity index (χ1v) is 7.08. The molecule has 0 radical (unpaired) electrons. The maximum atomic E-state index is 11.7. The highest BCUT2D eigenvalue weighted by molar-refractivity contribution is 7.87. The summed E-state index contributed by atoms with van der Waals surface area (Å²) in [5.74, 6) is 0.185. The third-order valence-electron chi connectivity index (χ3n) is 2.28. The Bertz CT molecular complexity index is 395. The Morgan fingerprint density at radius 1 is 1.39 bits per heavy atom. The van der Waals surface area contributed by atoms with Gasteiger partial charge in [-0.2, -0.15) is 12.7 Å². The Kier molecular flexibility index (Phi) is 4.57. The molecule has 0 bridgehead atoms. The van der Waals surface area contributed by atoms with Crippen LogP contribution in [0.3, 0.4) is 0 Å². The number of carbonyl (C=O) groups is 1. The third kappa shape index (κ3) is 4.43. The quantitative estimate of drug-likeness (QED) is 0.802. The maximum Gasteiger partial charge on any atom is 0.422 e. The van der Waals surface area contributed by atoms with Crippen molar-refractivity contribution < 1.29 is 22.7 Å². The van der Waals surface area contributed by atoms with E-state index < -0.39 is 21.9 Å². The van der Waals surface area contributed by atoms with Crippen molar-refractivity contribution in [2.75, 3.05) is 26.8 Å². The lowest BCUT2D eigenvalue weighted by atomic mass is 10.1. The Labute approximate surface area is 108 Å². The summed E-state index contributed by atoms with van der Waals surface area (Å²) in [5, 5.41) is 0. The van der Waals surface area contributed by atoms with Crippen molar-refractivity contribution in [2.24, 2.45) is 5.92 Å². The van der Waals surface area contributed by atoms with Crippen molar-refractivity contribution in [3.8, 4) is 0 Å². The molecule has 106 valence electrons. The van der Waals surface area contributed by atoms with E-state index >= 15 is 0 Å². The lowest BCUT2D eigenvalue weighted by molar-refractivity contribution is 0.0552. The number of nitrogens with one attached hydrogen (secondary N) is 1. The number of methoxy groups -OCH3 is 1. The molecule has 0 aromatic heterocycles. The third-order valence-corrected chi connectivity index (χ3v) is 3.68. The predicted octanol–water partition coefficient (Wildman–Crippen LogP) is 0.334. The standard InChI is InChI=1S/C10H20N2O5S/c1-10(2,3)17-9(13)11-18(14,15)12-5-8(6-12)7-16-4/h8H,5-7H2,1-4H3,(H,11,13). The Hall–Kier alpha value is -0.860. The van der Waals surface area contributed by atoms with Gasteiger partial charge in [0, 0.05) is 26.1 Å². The minimum Gasteiger partial charge on any atom is -0.443 e. The Morgan fingerprint density at radius 3 is 2.39 bits per heavy atom. The smallest absolute Gasteiger partial charge is 0.422 e. The summed E-state index contributed by atoms with van der Waals surface area (Å²) in [5.41, 5.74) is -0.729. The summed E-state index contributed by atoms with van der Waals surface area (Å²) >= 11 is 0. The van der Waals surface area contributed by atoms with Gasteiger partial charge in [-0.3, -0.25) is 0 Å². The number of rotatable bonds is 4. The van der Waals surface area contributed by atoms with Crippen LogP contribution in [0.5, 0.6) is 0 Å². The highest BCUT2D eigenvalue weighted by atomic mass is 32.2. The van der Waals surface area contributed by atoms with Crippen LogP contribution in [-0.2, 0) is 19.7 Å². The van der Waals surface area contributed by atoms with Crippen LogP contribution < -0.4 is 4.72 Å². The molecule has 1 aliphatic heterocycles. The van der Waals surface area contributed by atoms with Crippen molar-refractivity contribution in [3.05, 3.63) is 0 Å². The summed E-state index contributed by atoms with van der Waals surface area (Å²) in [6.45, 7) is 6.21. The van der Waals surface area contributed by atoms with Crippen molar-refractivity contribution in [1.29, 1.82) is 0 Å². The largest absolute Gasteiger partial charge is 0.443 e. The average molecular weight is 280 g/mol. The summed E-state index contributed by atoms with van der Waals surface area (Å²) in [6.07, 6.45) is -0.960. The van der Waals surface area contributed by atoms with E-state index in [0.29, 0.717) is 19.7 Å². The number of carbonyl (C=O) groups excluding carboxylic acids is 1. The van der Waals surface area contributed by atoms with Crippen LogP contribution in [0, 0.1) is 5.92 Å². The molecular formula is C10H20N2O5S. The number of ether oxygens (including phenoxy) is 2. The maximum absolute atomic E-state index is 11.7. The molecule has 1 fully saturated rings. The van der Waals surface area contributed by atoms with E-state index in [0.717, 1.165) is 0 Å². The monoisotopic (exact) mass is 280 g/mol. The molecule has 1 amide bonds. The normalized spacial score (nSPS) is 18.2. The van der Waals surface area contributed by atoms with Crippen LogP contribution in [0.15, 0.2) is 0 Å². The fourth-order valence-corrected chi connectivity index (χ4v) is 2.72. The van der Waals surface area contributed by atoms with E-state index in [1.807, 2.05) is 4.72 Å².